The van der Waals surface area contributed by atoms with E-state index in [2.05, 4.69) is 0 Å². The predicted molar refractivity (Wildman–Crippen MR) is 103 cm³/mol. The molecule has 2 aliphatic heterocycles. The molecule has 29 heavy (non-hydrogen) atoms. The average molecular weight is 420 g/mol. The van der Waals surface area contributed by atoms with Crippen molar-refractivity contribution in [3.63, 3.8) is 0 Å². The van der Waals surface area contributed by atoms with Gasteiger partial charge in [-0.3, -0.25) is 4.79 Å². The van der Waals surface area contributed by atoms with Gasteiger partial charge in [-0.1, -0.05) is 12.1 Å². The highest BCUT2D eigenvalue weighted by molar-refractivity contribution is 7.89. The summed E-state index contributed by atoms with van der Waals surface area (Å²) in [6, 6.07) is 11.9. The second kappa shape index (κ2) is 8.00. The van der Waals surface area contributed by atoms with Crippen LogP contribution in [-0.2, 0) is 14.8 Å². The lowest BCUT2D eigenvalue weighted by Crippen LogP contribution is -2.47. The summed E-state index contributed by atoms with van der Waals surface area (Å²) in [6.45, 7) is 1.24. The van der Waals surface area contributed by atoms with Gasteiger partial charge in [0.1, 0.15) is 12.4 Å². The minimum atomic E-state index is -3.74. The number of fused-ring (bicyclic) bond motifs is 1. The van der Waals surface area contributed by atoms with Gasteiger partial charge >= 0.3 is 0 Å². The monoisotopic (exact) mass is 420 g/mol. The summed E-state index contributed by atoms with van der Waals surface area (Å²) >= 11 is 0. The zero-order chi connectivity index (χ0) is 20.4. The third-order valence-electron chi connectivity index (χ3n) is 5.00. The second-order valence-corrected chi connectivity index (χ2v) is 8.84. The van der Waals surface area contributed by atoms with Crippen LogP contribution in [0.3, 0.4) is 0 Å². The van der Waals surface area contributed by atoms with E-state index in [1.165, 1.54) is 16.4 Å². The molecule has 0 N–H and O–H groups in total. The zero-order valence-electron chi connectivity index (χ0n) is 15.7. The van der Waals surface area contributed by atoms with Crippen LogP contribution < -0.4 is 9.47 Å². The maximum absolute atomic E-state index is 13.1. The van der Waals surface area contributed by atoms with Crippen LogP contribution in [0.1, 0.15) is 6.42 Å². The number of benzene rings is 2. The molecule has 0 unspecified atom stereocenters. The molecule has 9 heteroatoms. The van der Waals surface area contributed by atoms with Crippen LogP contribution in [0.25, 0.3) is 0 Å². The zero-order valence-corrected chi connectivity index (χ0v) is 16.5. The van der Waals surface area contributed by atoms with Gasteiger partial charge in [-0.15, -0.1) is 0 Å². The van der Waals surface area contributed by atoms with Crippen molar-refractivity contribution < 1.29 is 27.1 Å². The Morgan fingerprint density at radius 1 is 0.966 bits per heavy atom. The standard InChI is InChI=1S/C20H21FN2O5S/c21-15-6-8-16(9-7-15)29(25,26)23-11-3-10-22(12-13-23)20(24)19-14-27-17-4-1-2-5-18(17)28-19/h1-2,4-9,19H,3,10-14H2/t19-/m1/s1. The van der Waals surface area contributed by atoms with Crippen molar-refractivity contribution in [3.8, 4) is 11.5 Å². The highest BCUT2D eigenvalue weighted by atomic mass is 32.2. The molecule has 0 aliphatic carbocycles. The van der Waals surface area contributed by atoms with Gasteiger partial charge in [-0.05, 0) is 42.8 Å². The molecule has 2 aromatic rings. The van der Waals surface area contributed by atoms with E-state index in [1.54, 1.807) is 23.1 Å². The van der Waals surface area contributed by atoms with Crippen LogP contribution in [0.5, 0.6) is 11.5 Å². The van der Waals surface area contributed by atoms with E-state index in [-0.39, 0.29) is 37.0 Å². The fraction of sp³-hybridized carbons (Fsp3) is 0.350. The molecule has 7 nitrogen and oxygen atoms in total. The largest absolute Gasteiger partial charge is 0.485 e. The van der Waals surface area contributed by atoms with Gasteiger partial charge in [-0.2, -0.15) is 4.31 Å². The van der Waals surface area contributed by atoms with Crippen LogP contribution in [0.15, 0.2) is 53.4 Å². The first-order chi connectivity index (χ1) is 13.9. The van der Waals surface area contributed by atoms with Crippen molar-refractivity contribution in [3.05, 3.63) is 54.3 Å². The Hall–Kier alpha value is -2.65. The number of sulfonamides is 1. The first kappa shape index (κ1) is 19.7. The lowest BCUT2D eigenvalue weighted by molar-refractivity contribution is -0.141. The maximum atomic E-state index is 13.1. The molecule has 4 rings (SSSR count). The molecule has 2 aromatic carbocycles. The molecule has 0 radical (unpaired) electrons. The first-order valence-corrected chi connectivity index (χ1v) is 10.8. The topological polar surface area (TPSA) is 76.2 Å². The highest BCUT2D eigenvalue weighted by Gasteiger charge is 2.34. The van der Waals surface area contributed by atoms with Gasteiger partial charge in [0.15, 0.2) is 11.5 Å². The molecule has 0 aromatic heterocycles. The molecule has 1 fully saturated rings. The van der Waals surface area contributed by atoms with Gasteiger partial charge in [0, 0.05) is 26.2 Å². The van der Waals surface area contributed by atoms with Gasteiger partial charge < -0.3 is 14.4 Å². The molecule has 1 amide bonds. The predicted octanol–water partition coefficient (Wildman–Crippen LogP) is 1.89. The van der Waals surface area contributed by atoms with Crippen LogP contribution in [0.2, 0.25) is 0 Å². The number of nitrogens with zero attached hydrogens (tertiary/aromatic N) is 2. The minimum absolute atomic E-state index is 0.0410. The lowest BCUT2D eigenvalue weighted by Gasteiger charge is -2.30. The Bertz CT molecular complexity index is 996. The van der Waals surface area contributed by atoms with E-state index in [4.69, 9.17) is 9.47 Å². The summed E-state index contributed by atoms with van der Waals surface area (Å²) in [5.74, 6) is 0.407. The number of halogens is 1. The number of amides is 1. The van der Waals surface area contributed by atoms with Crippen molar-refractivity contribution >= 4 is 15.9 Å². The summed E-state index contributed by atoms with van der Waals surface area (Å²) < 4.78 is 51.5. The third-order valence-corrected chi connectivity index (χ3v) is 6.91. The van der Waals surface area contributed by atoms with Crippen molar-refractivity contribution in [1.29, 1.82) is 0 Å². The van der Waals surface area contributed by atoms with E-state index in [0.29, 0.717) is 24.5 Å². The number of carbonyl (C=O) groups excluding carboxylic acids is 1. The summed E-state index contributed by atoms with van der Waals surface area (Å²) in [7, 11) is -3.74. The average Bonchev–Trinajstić information content (AvgIpc) is 3.00. The Kier molecular flexibility index (Phi) is 5.42. The Morgan fingerprint density at radius 3 is 2.45 bits per heavy atom. The minimum Gasteiger partial charge on any atom is -0.485 e. The smallest absolute Gasteiger partial charge is 0.267 e. The molecule has 0 bridgehead atoms. The molecule has 154 valence electrons. The number of rotatable bonds is 3. The van der Waals surface area contributed by atoms with Crippen molar-refractivity contribution in [2.24, 2.45) is 0 Å². The lowest BCUT2D eigenvalue weighted by atomic mass is 10.2. The molecular weight excluding hydrogens is 399 g/mol. The van der Waals surface area contributed by atoms with Crippen LogP contribution in [0, 0.1) is 5.82 Å². The van der Waals surface area contributed by atoms with E-state index < -0.39 is 21.9 Å². The third kappa shape index (κ3) is 4.06. The van der Waals surface area contributed by atoms with E-state index >= 15 is 0 Å². The van der Waals surface area contributed by atoms with Crippen molar-refractivity contribution in [1.82, 2.24) is 9.21 Å². The van der Waals surface area contributed by atoms with Crippen LogP contribution in [0.4, 0.5) is 4.39 Å². The van der Waals surface area contributed by atoms with Crippen molar-refractivity contribution in [2.45, 2.75) is 17.4 Å². The van der Waals surface area contributed by atoms with Crippen LogP contribution in [-0.4, -0.2) is 62.4 Å². The number of para-hydroxylation sites is 2. The quantitative estimate of drug-likeness (QED) is 0.758. The van der Waals surface area contributed by atoms with Crippen molar-refractivity contribution in [2.75, 3.05) is 32.8 Å². The van der Waals surface area contributed by atoms with E-state index in [1.807, 2.05) is 6.07 Å². The Labute approximate surface area is 168 Å². The fourth-order valence-electron chi connectivity index (χ4n) is 3.46. The molecule has 2 aliphatic rings. The summed E-state index contributed by atoms with van der Waals surface area (Å²) in [6.07, 6.45) is -0.263. The molecule has 2 heterocycles. The summed E-state index contributed by atoms with van der Waals surface area (Å²) in [5, 5.41) is 0. The molecule has 1 saturated heterocycles. The normalized spacial score (nSPS) is 20.2. The van der Waals surface area contributed by atoms with Gasteiger partial charge in [0.25, 0.3) is 5.91 Å². The van der Waals surface area contributed by atoms with Crippen LogP contribution >= 0.6 is 0 Å². The van der Waals surface area contributed by atoms with Gasteiger partial charge in [0.2, 0.25) is 16.1 Å². The second-order valence-electron chi connectivity index (χ2n) is 6.90. The number of hydrogen-bond acceptors (Lipinski definition) is 5. The number of ether oxygens (including phenoxy) is 2. The first-order valence-electron chi connectivity index (χ1n) is 9.38. The Morgan fingerprint density at radius 2 is 1.69 bits per heavy atom. The Balaban J connectivity index is 1.42. The molecule has 1 atom stereocenters. The molecule has 0 saturated carbocycles. The molecule has 0 spiro atoms. The fourth-order valence-corrected chi connectivity index (χ4v) is 4.92. The molecular formula is C20H21FN2O5S. The van der Waals surface area contributed by atoms with Gasteiger partial charge in [0.05, 0.1) is 4.90 Å². The number of hydrogen-bond donors (Lipinski definition) is 0. The summed E-state index contributed by atoms with van der Waals surface area (Å²) in [5.41, 5.74) is 0. The van der Waals surface area contributed by atoms with Gasteiger partial charge in [-0.25, -0.2) is 12.8 Å². The summed E-state index contributed by atoms with van der Waals surface area (Å²) in [4.78, 5) is 14.5. The SMILES string of the molecule is O=C([C@H]1COc2ccccc2O1)N1CCCN(S(=O)(=O)c2ccc(F)cc2)CC1. The van der Waals surface area contributed by atoms with E-state index in [0.717, 1.165) is 12.1 Å². The number of carbonyl (C=O) groups is 1. The maximum Gasteiger partial charge on any atom is 0.267 e. The van der Waals surface area contributed by atoms with E-state index in [9.17, 15) is 17.6 Å². The highest BCUT2D eigenvalue weighted by Crippen LogP contribution is 2.31.